The number of anilines is 1. The van der Waals surface area contributed by atoms with E-state index in [1.807, 2.05) is 0 Å². The molecule has 0 saturated carbocycles. The second kappa shape index (κ2) is 5.58. The highest BCUT2D eigenvalue weighted by Gasteiger charge is 2.35. The first-order valence-electron chi connectivity index (χ1n) is 7.04. The molecule has 2 aliphatic heterocycles. The monoisotopic (exact) mass is 295 g/mol. The van der Waals surface area contributed by atoms with Gasteiger partial charge in [0.2, 0.25) is 0 Å². The van der Waals surface area contributed by atoms with E-state index in [9.17, 15) is 4.79 Å². The molecule has 0 amide bonds. The molecule has 0 spiro atoms. The van der Waals surface area contributed by atoms with Gasteiger partial charge in [0.05, 0.1) is 10.6 Å². The minimum absolute atomic E-state index is 0.0997. The Morgan fingerprint density at radius 3 is 3.05 bits per heavy atom. The number of halogens is 1. The summed E-state index contributed by atoms with van der Waals surface area (Å²) in [5.41, 5.74) is 0.0997. The third-order valence-corrected chi connectivity index (χ3v) is 4.58. The van der Waals surface area contributed by atoms with Crippen LogP contribution in [0.2, 0.25) is 5.02 Å². The standard InChI is InChI=1S/C14H18ClN3O2/c15-10-8-16-13(7-9(10)14(19)20)17-11-4-6-18-5-2-1-3-12(11)18/h7-8,11-12H,1-6H2,(H,16,17)(H,19,20). The van der Waals surface area contributed by atoms with Gasteiger partial charge in [-0.05, 0) is 31.9 Å². The number of carbonyl (C=O) groups is 1. The second-order valence-corrected chi connectivity index (χ2v) is 5.90. The van der Waals surface area contributed by atoms with Crippen LogP contribution < -0.4 is 5.32 Å². The van der Waals surface area contributed by atoms with Crippen molar-refractivity contribution >= 4 is 23.4 Å². The van der Waals surface area contributed by atoms with E-state index in [4.69, 9.17) is 16.7 Å². The van der Waals surface area contributed by atoms with Crippen molar-refractivity contribution < 1.29 is 9.90 Å². The molecule has 0 aliphatic carbocycles. The summed E-state index contributed by atoms with van der Waals surface area (Å²) in [6, 6.07) is 2.43. The number of nitrogens with one attached hydrogen (secondary N) is 1. The molecular weight excluding hydrogens is 278 g/mol. The predicted octanol–water partition coefficient (Wildman–Crippen LogP) is 2.47. The summed E-state index contributed by atoms with van der Waals surface area (Å²) in [5, 5.41) is 12.7. The lowest BCUT2D eigenvalue weighted by molar-refractivity contribution is 0.0697. The van der Waals surface area contributed by atoms with E-state index in [2.05, 4.69) is 15.2 Å². The number of fused-ring (bicyclic) bond motifs is 1. The van der Waals surface area contributed by atoms with Gasteiger partial charge in [-0.25, -0.2) is 9.78 Å². The Morgan fingerprint density at radius 1 is 1.40 bits per heavy atom. The summed E-state index contributed by atoms with van der Waals surface area (Å²) in [4.78, 5) is 17.8. The molecule has 108 valence electrons. The van der Waals surface area contributed by atoms with Gasteiger partial charge in [-0.3, -0.25) is 4.90 Å². The molecule has 1 aromatic heterocycles. The molecule has 2 saturated heterocycles. The topological polar surface area (TPSA) is 65.5 Å². The maximum atomic E-state index is 11.1. The van der Waals surface area contributed by atoms with Crippen LogP contribution in [0.5, 0.6) is 0 Å². The fraction of sp³-hybridized carbons (Fsp3) is 0.571. The number of nitrogens with zero attached hydrogens (tertiary/aromatic N) is 2. The zero-order valence-corrected chi connectivity index (χ0v) is 11.9. The maximum Gasteiger partial charge on any atom is 0.337 e. The van der Waals surface area contributed by atoms with Gasteiger partial charge in [-0.2, -0.15) is 0 Å². The molecule has 2 fully saturated rings. The predicted molar refractivity (Wildman–Crippen MR) is 77.4 cm³/mol. The number of carboxylic acids is 1. The molecule has 0 aromatic carbocycles. The van der Waals surface area contributed by atoms with Crippen LogP contribution in [0.3, 0.4) is 0 Å². The van der Waals surface area contributed by atoms with Gasteiger partial charge < -0.3 is 10.4 Å². The highest BCUT2D eigenvalue weighted by atomic mass is 35.5. The quantitative estimate of drug-likeness (QED) is 0.897. The minimum Gasteiger partial charge on any atom is -0.478 e. The van der Waals surface area contributed by atoms with Crippen molar-refractivity contribution in [2.75, 3.05) is 18.4 Å². The van der Waals surface area contributed by atoms with Gasteiger partial charge in [-0.1, -0.05) is 18.0 Å². The smallest absolute Gasteiger partial charge is 0.337 e. The average Bonchev–Trinajstić information content (AvgIpc) is 2.84. The van der Waals surface area contributed by atoms with E-state index in [1.165, 1.54) is 38.1 Å². The Hall–Kier alpha value is -1.33. The van der Waals surface area contributed by atoms with Gasteiger partial charge >= 0.3 is 5.97 Å². The molecule has 3 rings (SSSR count). The van der Waals surface area contributed by atoms with Crippen molar-refractivity contribution in [1.29, 1.82) is 0 Å². The highest BCUT2D eigenvalue weighted by molar-refractivity contribution is 6.33. The van der Waals surface area contributed by atoms with Gasteiger partial charge in [0.1, 0.15) is 5.82 Å². The first-order chi connectivity index (χ1) is 9.65. The van der Waals surface area contributed by atoms with E-state index in [0.717, 1.165) is 13.0 Å². The van der Waals surface area contributed by atoms with E-state index >= 15 is 0 Å². The number of aromatic carboxylic acids is 1. The van der Waals surface area contributed by atoms with Crippen molar-refractivity contribution in [2.24, 2.45) is 0 Å². The minimum atomic E-state index is -1.02. The van der Waals surface area contributed by atoms with Gasteiger partial charge in [0.25, 0.3) is 0 Å². The summed E-state index contributed by atoms with van der Waals surface area (Å²) in [7, 11) is 0. The molecule has 0 radical (unpaired) electrons. The molecule has 2 aliphatic rings. The van der Waals surface area contributed by atoms with Crippen molar-refractivity contribution in [3.05, 3.63) is 22.8 Å². The van der Waals surface area contributed by atoms with Crippen LogP contribution in [0.15, 0.2) is 12.3 Å². The number of pyridine rings is 1. The van der Waals surface area contributed by atoms with E-state index in [0.29, 0.717) is 17.9 Å². The summed E-state index contributed by atoms with van der Waals surface area (Å²) in [6.45, 7) is 2.29. The van der Waals surface area contributed by atoms with Crippen LogP contribution in [0.25, 0.3) is 0 Å². The Bertz CT molecular complexity index is 523. The molecule has 20 heavy (non-hydrogen) atoms. The maximum absolute atomic E-state index is 11.1. The SMILES string of the molecule is O=C(O)c1cc(NC2CCN3CCCCC23)ncc1Cl. The summed E-state index contributed by atoms with van der Waals surface area (Å²) >= 11 is 5.84. The number of piperidine rings is 1. The van der Waals surface area contributed by atoms with Crippen LogP contribution in [0, 0.1) is 0 Å². The van der Waals surface area contributed by atoms with E-state index in [1.54, 1.807) is 0 Å². The molecule has 0 bridgehead atoms. The van der Waals surface area contributed by atoms with Crippen molar-refractivity contribution in [2.45, 2.75) is 37.8 Å². The highest BCUT2D eigenvalue weighted by Crippen LogP contribution is 2.29. The first-order valence-corrected chi connectivity index (χ1v) is 7.42. The number of carboxylic acid groups (broad SMARTS) is 1. The van der Waals surface area contributed by atoms with Gasteiger partial charge in [0, 0.05) is 24.8 Å². The normalized spacial score (nSPS) is 26.2. The van der Waals surface area contributed by atoms with Crippen LogP contribution >= 0.6 is 11.6 Å². The first kappa shape index (κ1) is 13.6. The number of hydrogen-bond acceptors (Lipinski definition) is 4. The fourth-order valence-corrected chi connectivity index (χ4v) is 3.47. The van der Waals surface area contributed by atoms with Gasteiger partial charge in [0.15, 0.2) is 0 Å². The molecule has 2 unspecified atom stereocenters. The molecule has 3 heterocycles. The van der Waals surface area contributed by atoms with Crippen LogP contribution in [-0.4, -0.2) is 46.1 Å². The van der Waals surface area contributed by atoms with Crippen LogP contribution in [0.4, 0.5) is 5.82 Å². The van der Waals surface area contributed by atoms with Crippen molar-refractivity contribution in [1.82, 2.24) is 9.88 Å². The molecule has 2 atom stereocenters. The van der Waals surface area contributed by atoms with Crippen LogP contribution in [0.1, 0.15) is 36.0 Å². The lowest BCUT2D eigenvalue weighted by atomic mass is 9.99. The lowest BCUT2D eigenvalue weighted by Crippen LogP contribution is -2.41. The number of hydrogen-bond donors (Lipinski definition) is 2. The molecule has 1 aromatic rings. The zero-order valence-electron chi connectivity index (χ0n) is 11.2. The molecule has 5 nitrogen and oxygen atoms in total. The zero-order chi connectivity index (χ0) is 14.1. The Morgan fingerprint density at radius 2 is 2.25 bits per heavy atom. The molecular formula is C14H18ClN3O2. The molecule has 6 heteroatoms. The Labute approximate surface area is 122 Å². The lowest BCUT2D eigenvalue weighted by Gasteiger charge is -2.32. The largest absolute Gasteiger partial charge is 0.478 e. The Balaban J connectivity index is 1.74. The third kappa shape index (κ3) is 2.60. The van der Waals surface area contributed by atoms with Crippen molar-refractivity contribution in [3.8, 4) is 0 Å². The third-order valence-electron chi connectivity index (χ3n) is 4.28. The van der Waals surface area contributed by atoms with Gasteiger partial charge in [-0.15, -0.1) is 0 Å². The summed E-state index contributed by atoms with van der Waals surface area (Å²) in [6.07, 6.45) is 6.24. The Kier molecular flexibility index (Phi) is 3.81. The second-order valence-electron chi connectivity index (χ2n) is 5.49. The molecule has 2 N–H and O–H groups in total. The summed E-state index contributed by atoms with van der Waals surface area (Å²) in [5.74, 6) is -0.421. The number of aromatic nitrogens is 1. The number of rotatable bonds is 3. The van der Waals surface area contributed by atoms with E-state index < -0.39 is 5.97 Å². The van der Waals surface area contributed by atoms with E-state index in [-0.39, 0.29) is 10.6 Å². The fourth-order valence-electron chi connectivity index (χ4n) is 3.29. The average molecular weight is 296 g/mol. The van der Waals surface area contributed by atoms with Crippen LogP contribution in [-0.2, 0) is 0 Å². The summed E-state index contributed by atoms with van der Waals surface area (Å²) < 4.78 is 0. The van der Waals surface area contributed by atoms with Crippen molar-refractivity contribution in [3.63, 3.8) is 0 Å².